The minimum Gasteiger partial charge on any atom is -0.493 e. The van der Waals surface area contributed by atoms with Crippen LogP contribution in [0.25, 0.3) is 11.0 Å². The summed E-state index contributed by atoms with van der Waals surface area (Å²) in [5, 5.41) is 0.229. The van der Waals surface area contributed by atoms with Crippen LogP contribution in [0, 0.1) is 11.7 Å². The summed E-state index contributed by atoms with van der Waals surface area (Å²) < 4.78 is 52.3. The highest BCUT2D eigenvalue weighted by molar-refractivity contribution is 7.89. The Balaban J connectivity index is 1.35. The molecule has 1 heterocycles. The molecule has 0 amide bonds. The van der Waals surface area contributed by atoms with Gasteiger partial charge in [-0.2, -0.15) is 0 Å². The first-order chi connectivity index (χ1) is 15.7. The summed E-state index contributed by atoms with van der Waals surface area (Å²) in [5.41, 5.74) is 0.847. The molecule has 176 valence electrons. The number of aromatic nitrogens is 1. The topological polar surface area (TPSA) is 118 Å². The first kappa shape index (κ1) is 23.2. The zero-order valence-corrected chi connectivity index (χ0v) is 18.9. The fourth-order valence-corrected chi connectivity index (χ4v) is 4.88. The van der Waals surface area contributed by atoms with E-state index >= 15 is 0 Å². The molecule has 33 heavy (non-hydrogen) atoms. The Morgan fingerprint density at radius 2 is 2.00 bits per heavy atom. The lowest BCUT2D eigenvalue weighted by atomic mass is 10.1. The molecule has 0 unspecified atom stereocenters. The van der Waals surface area contributed by atoms with Crippen LogP contribution in [0.5, 0.6) is 5.75 Å². The summed E-state index contributed by atoms with van der Waals surface area (Å²) in [5.74, 6) is -0.536. The monoisotopic (exact) mass is 476 g/mol. The van der Waals surface area contributed by atoms with E-state index in [0.29, 0.717) is 36.7 Å². The maximum Gasteiger partial charge on any atom is 0.419 e. The predicted molar refractivity (Wildman–Crippen MR) is 121 cm³/mol. The minimum atomic E-state index is -3.64. The Hall–Kier alpha value is -2.98. The Morgan fingerprint density at radius 3 is 2.76 bits per heavy atom. The summed E-state index contributed by atoms with van der Waals surface area (Å²) >= 11 is 0. The average Bonchev–Trinajstić information content (AvgIpc) is 3.56. The average molecular weight is 477 g/mol. The maximum absolute atomic E-state index is 14.0. The second kappa shape index (κ2) is 9.48. The van der Waals surface area contributed by atoms with Crippen LogP contribution in [0.3, 0.4) is 0 Å². The predicted octanol–water partition coefficient (Wildman–Crippen LogP) is 3.02. The van der Waals surface area contributed by atoms with E-state index in [-0.39, 0.29) is 16.7 Å². The fraction of sp³-hybridized carbons (Fsp3) is 0.391. The van der Waals surface area contributed by atoms with Gasteiger partial charge in [0.1, 0.15) is 17.1 Å². The molecule has 0 bridgehead atoms. The summed E-state index contributed by atoms with van der Waals surface area (Å²) in [6.45, 7) is 2.19. The van der Waals surface area contributed by atoms with Crippen molar-refractivity contribution in [1.29, 1.82) is 0 Å². The summed E-state index contributed by atoms with van der Waals surface area (Å²) in [7, 11) is -3.64. The number of sulfonamides is 1. The van der Waals surface area contributed by atoms with Gasteiger partial charge in [0.25, 0.3) is 5.56 Å². The summed E-state index contributed by atoms with van der Waals surface area (Å²) in [4.78, 5) is 25.2. The minimum absolute atomic E-state index is 0.143. The molecular weight excluding hydrogens is 451 g/mol. The lowest BCUT2D eigenvalue weighted by Crippen LogP contribution is -2.29. The van der Waals surface area contributed by atoms with Gasteiger partial charge in [0.05, 0.1) is 17.7 Å². The lowest BCUT2D eigenvalue weighted by molar-refractivity contribution is 0.298. The molecule has 4 rings (SSSR count). The SMILES string of the molecule is C[C@@H](NS(=O)(=O)CCCc1ccc2oc(=O)[nH]c(=O)c2c1)c1cc(F)cc(OCC2CC2)c1. The van der Waals surface area contributed by atoms with Crippen LogP contribution >= 0.6 is 0 Å². The third-order valence-electron chi connectivity index (χ3n) is 5.52. The largest absolute Gasteiger partial charge is 0.493 e. The third kappa shape index (κ3) is 6.29. The molecule has 0 saturated heterocycles. The molecule has 2 aromatic carbocycles. The molecule has 2 N–H and O–H groups in total. The number of aryl methyl sites for hydroxylation is 1. The van der Waals surface area contributed by atoms with Gasteiger partial charge in [0.15, 0.2) is 0 Å². The lowest BCUT2D eigenvalue weighted by Gasteiger charge is -2.16. The Morgan fingerprint density at radius 1 is 1.21 bits per heavy atom. The number of H-pyrrole nitrogens is 1. The van der Waals surface area contributed by atoms with E-state index in [1.807, 2.05) is 0 Å². The highest BCUT2D eigenvalue weighted by Crippen LogP contribution is 2.30. The summed E-state index contributed by atoms with van der Waals surface area (Å²) in [6.07, 6.45) is 2.94. The van der Waals surface area contributed by atoms with E-state index in [0.717, 1.165) is 18.4 Å². The van der Waals surface area contributed by atoms with Crippen LogP contribution in [0.2, 0.25) is 0 Å². The molecule has 3 aromatic rings. The number of aromatic amines is 1. The second-order valence-electron chi connectivity index (χ2n) is 8.41. The quantitative estimate of drug-likeness (QED) is 0.464. The molecule has 10 heteroatoms. The van der Waals surface area contributed by atoms with Gasteiger partial charge in [0, 0.05) is 12.1 Å². The van der Waals surface area contributed by atoms with Gasteiger partial charge in [-0.05, 0) is 73.9 Å². The van der Waals surface area contributed by atoms with Crippen molar-refractivity contribution >= 4 is 21.0 Å². The zero-order valence-electron chi connectivity index (χ0n) is 18.1. The van der Waals surface area contributed by atoms with E-state index in [1.165, 1.54) is 18.2 Å². The molecule has 1 saturated carbocycles. The van der Waals surface area contributed by atoms with Crippen molar-refractivity contribution < 1.29 is 22.0 Å². The molecule has 1 aliphatic rings. The van der Waals surface area contributed by atoms with Crippen LogP contribution in [-0.2, 0) is 16.4 Å². The number of fused-ring (bicyclic) bond motifs is 1. The molecule has 1 aromatic heterocycles. The standard InChI is InChI=1S/C23H25FN2O6S/c1-14(17-10-18(24)12-19(11-17)31-13-16-4-5-16)26-33(29,30)8-2-3-15-6-7-21-20(9-15)22(27)25-23(28)32-21/h6-7,9-12,14,16,26H,2-5,8,13H2,1H3,(H,25,27,28)/t14-/m1/s1. The van der Waals surface area contributed by atoms with Gasteiger partial charge in [-0.1, -0.05) is 6.07 Å². The van der Waals surface area contributed by atoms with Gasteiger partial charge >= 0.3 is 5.76 Å². The number of halogens is 1. The van der Waals surface area contributed by atoms with E-state index in [9.17, 15) is 22.4 Å². The zero-order chi connectivity index (χ0) is 23.6. The molecular formula is C23H25FN2O6S. The van der Waals surface area contributed by atoms with E-state index in [1.54, 1.807) is 25.1 Å². The van der Waals surface area contributed by atoms with Crippen LogP contribution < -0.4 is 20.8 Å². The maximum atomic E-state index is 14.0. The van der Waals surface area contributed by atoms with Crippen LogP contribution in [0.15, 0.2) is 50.4 Å². The number of rotatable bonds is 10. The van der Waals surface area contributed by atoms with E-state index in [4.69, 9.17) is 9.15 Å². The van der Waals surface area contributed by atoms with E-state index < -0.39 is 33.2 Å². The van der Waals surface area contributed by atoms with Gasteiger partial charge in [-0.3, -0.25) is 9.78 Å². The van der Waals surface area contributed by atoms with E-state index in [2.05, 4.69) is 9.71 Å². The molecule has 1 aliphatic carbocycles. The van der Waals surface area contributed by atoms with Crippen molar-refractivity contribution in [3.63, 3.8) is 0 Å². The number of hydrogen-bond acceptors (Lipinski definition) is 6. The number of ether oxygens (including phenoxy) is 1. The molecule has 0 radical (unpaired) electrons. The number of benzene rings is 2. The van der Waals surface area contributed by atoms with Crippen molar-refractivity contribution in [3.8, 4) is 5.75 Å². The molecule has 1 fully saturated rings. The van der Waals surface area contributed by atoms with Gasteiger partial charge < -0.3 is 9.15 Å². The van der Waals surface area contributed by atoms with Crippen molar-refractivity contribution in [2.24, 2.45) is 5.92 Å². The molecule has 8 nitrogen and oxygen atoms in total. The van der Waals surface area contributed by atoms with Crippen LogP contribution in [0.4, 0.5) is 4.39 Å². The van der Waals surface area contributed by atoms with Crippen molar-refractivity contribution in [2.75, 3.05) is 12.4 Å². The second-order valence-corrected chi connectivity index (χ2v) is 10.3. The Bertz CT molecular complexity index is 1380. The first-order valence-electron chi connectivity index (χ1n) is 10.8. The normalized spacial score (nSPS) is 15.0. The highest BCUT2D eigenvalue weighted by atomic mass is 32.2. The fourth-order valence-electron chi connectivity index (χ4n) is 3.56. The number of nitrogens with one attached hydrogen (secondary N) is 2. The first-order valence-corrected chi connectivity index (χ1v) is 12.4. The van der Waals surface area contributed by atoms with Gasteiger partial charge in [0.2, 0.25) is 10.0 Å². The molecule has 1 atom stereocenters. The smallest absolute Gasteiger partial charge is 0.419 e. The van der Waals surface area contributed by atoms with Crippen LogP contribution in [-0.4, -0.2) is 25.8 Å². The third-order valence-corrected chi connectivity index (χ3v) is 7.06. The van der Waals surface area contributed by atoms with Crippen LogP contribution in [0.1, 0.15) is 43.4 Å². The van der Waals surface area contributed by atoms with Gasteiger partial charge in [-0.15, -0.1) is 0 Å². The van der Waals surface area contributed by atoms with Crippen molar-refractivity contribution in [3.05, 3.63) is 74.2 Å². The van der Waals surface area contributed by atoms with Crippen molar-refractivity contribution in [2.45, 2.75) is 38.6 Å². The Kier molecular flexibility index (Phi) is 6.66. The van der Waals surface area contributed by atoms with Crippen molar-refractivity contribution in [1.82, 2.24) is 9.71 Å². The molecule has 0 spiro atoms. The highest BCUT2D eigenvalue weighted by Gasteiger charge is 2.22. The van der Waals surface area contributed by atoms with Gasteiger partial charge in [-0.25, -0.2) is 22.3 Å². The molecule has 0 aliphatic heterocycles. The Labute approximate surface area is 189 Å². The summed E-state index contributed by atoms with van der Waals surface area (Å²) in [6, 6.07) is 8.40. The number of hydrogen-bond donors (Lipinski definition) is 2.